The molecule has 2 aliphatic carbocycles. The molecule has 0 spiro atoms. The first kappa shape index (κ1) is 12.8. The van der Waals surface area contributed by atoms with Crippen molar-refractivity contribution < 1.29 is 39.6 Å². The average molecular weight is 278 g/mol. The summed E-state index contributed by atoms with van der Waals surface area (Å²) in [5, 5.41) is 37.4. The Morgan fingerprint density at radius 1 is 0.550 bits per heavy atom. The number of ketones is 4. The molecule has 0 radical (unpaired) electrons. The molecule has 0 amide bonds. The van der Waals surface area contributed by atoms with Gasteiger partial charge in [-0.1, -0.05) is 0 Å². The van der Waals surface area contributed by atoms with Crippen LogP contribution in [0.15, 0.2) is 12.1 Å². The minimum Gasteiger partial charge on any atom is -0.353 e. The molecule has 1 aromatic carbocycles. The third-order valence-electron chi connectivity index (χ3n) is 3.40. The quantitative estimate of drug-likeness (QED) is 0.308. The molecular weight excluding hydrogens is 272 g/mol. The molecule has 1 aromatic rings. The zero-order chi connectivity index (χ0) is 15.0. The van der Waals surface area contributed by atoms with Gasteiger partial charge in [0.15, 0.2) is 0 Å². The maximum atomic E-state index is 11.6. The Bertz CT molecular complexity index is 622. The van der Waals surface area contributed by atoms with Gasteiger partial charge in [-0.05, 0) is 12.1 Å². The highest BCUT2D eigenvalue weighted by molar-refractivity contribution is 6.35. The molecule has 0 saturated heterocycles. The van der Waals surface area contributed by atoms with Crippen LogP contribution < -0.4 is 0 Å². The Kier molecular flexibility index (Phi) is 2.07. The molecule has 8 heteroatoms. The van der Waals surface area contributed by atoms with Gasteiger partial charge < -0.3 is 20.4 Å². The number of Topliss-reactive ketones (excluding diaryl/α,β-unsaturated/α-hetero) is 4. The SMILES string of the molecule is O=C1c2cc3c(cc2C(=O)C1(O)O)C(=O)C(O)(O)C3=O. The lowest BCUT2D eigenvalue weighted by atomic mass is 10.0. The summed E-state index contributed by atoms with van der Waals surface area (Å²) in [4.78, 5) is 46.5. The van der Waals surface area contributed by atoms with E-state index in [1.54, 1.807) is 0 Å². The largest absolute Gasteiger partial charge is 0.353 e. The Labute approximate surface area is 109 Å². The maximum absolute atomic E-state index is 11.6. The highest BCUT2D eigenvalue weighted by Crippen LogP contribution is 2.36. The third kappa shape index (κ3) is 1.18. The molecule has 0 bridgehead atoms. The van der Waals surface area contributed by atoms with Gasteiger partial charge in [0, 0.05) is 22.3 Å². The molecule has 0 fully saturated rings. The van der Waals surface area contributed by atoms with E-state index in [2.05, 4.69) is 0 Å². The Morgan fingerprint density at radius 3 is 0.950 bits per heavy atom. The van der Waals surface area contributed by atoms with Crippen LogP contribution in [0, 0.1) is 0 Å². The molecule has 8 nitrogen and oxygen atoms in total. The van der Waals surface area contributed by atoms with Gasteiger partial charge in [-0.3, -0.25) is 19.2 Å². The Hall–Kier alpha value is -2.26. The van der Waals surface area contributed by atoms with Crippen molar-refractivity contribution in [1.82, 2.24) is 0 Å². The second-order valence-electron chi connectivity index (χ2n) is 4.60. The molecule has 0 aliphatic heterocycles. The van der Waals surface area contributed by atoms with Crippen molar-refractivity contribution in [1.29, 1.82) is 0 Å². The zero-order valence-electron chi connectivity index (χ0n) is 9.58. The van der Waals surface area contributed by atoms with Crippen molar-refractivity contribution in [2.45, 2.75) is 11.6 Å². The van der Waals surface area contributed by atoms with Crippen LogP contribution in [-0.2, 0) is 0 Å². The molecule has 3 rings (SSSR count). The van der Waals surface area contributed by atoms with E-state index in [1.165, 1.54) is 0 Å². The lowest BCUT2D eigenvalue weighted by Gasteiger charge is -2.09. The lowest BCUT2D eigenvalue weighted by Crippen LogP contribution is -2.41. The Balaban J connectivity index is 2.31. The van der Waals surface area contributed by atoms with E-state index in [-0.39, 0.29) is 0 Å². The number of hydrogen-bond acceptors (Lipinski definition) is 8. The maximum Gasteiger partial charge on any atom is 0.295 e. The lowest BCUT2D eigenvalue weighted by molar-refractivity contribution is -0.0861. The van der Waals surface area contributed by atoms with E-state index in [4.69, 9.17) is 0 Å². The van der Waals surface area contributed by atoms with Gasteiger partial charge in [-0.2, -0.15) is 0 Å². The van der Waals surface area contributed by atoms with Crippen LogP contribution in [0.5, 0.6) is 0 Å². The van der Waals surface area contributed by atoms with Crippen LogP contribution in [0.4, 0.5) is 0 Å². The van der Waals surface area contributed by atoms with Gasteiger partial charge in [0.2, 0.25) is 23.1 Å². The fourth-order valence-electron chi connectivity index (χ4n) is 2.31. The highest BCUT2D eigenvalue weighted by Gasteiger charge is 2.56. The third-order valence-corrected chi connectivity index (χ3v) is 3.40. The van der Waals surface area contributed by atoms with Crippen LogP contribution in [0.3, 0.4) is 0 Å². The second-order valence-corrected chi connectivity index (χ2v) is 4.60. The number of aliphatic hydroxyl groups is 4. The average Bonchev–Trinajstić information content (AvgIpc) is 2.66. The van der Waals surface area contributed by atoms with Crippen LogP contribution in [0.1, 0.15) is 41.4 Å². The fraction of sp³-hybridized carbons (Fsp3) is 0.167. The number of fused-ring (bicyclic) bond motifs is 2. The van der Waals surface area contributed by atoms with Crippen molar-refractivity contribution in [2.24, 2.45) is 0 Å². The topological polar surface area (TPSA) is 149 Å². The molecular formula is C12H6O8. The molecule has 102 valence electrons. The van der Waals surface area contributed by atoms with Crippen molar-refractivity contribution >= 4 is 23.1 Å². The minimum atomic E-state index is -3.24. The van der Waals surface area contributed by atoms with E-state index < -0.39 is 57.0 Å². The normalized spacial score (nSPS) is 22.2. The van der Waals surface area contributed by atoms with Gasteiger partial charge in [0.25, 0.3) is 11.6 Å². The number of carbonyl (C=O) groups is 4. The first-order valence-electron chi connectivity index (χ1n) is 5.37. The Morgan fingerprint density at radius 2 is 0.750 bits per heavy atom. The number of hydrogen-bond donors (Lipinski definition) is 4. The number of carbonyl (C=O) groups excluding carboxylic acids is 4. The van der Waals surface area contributed by atoms with Crippen molar-refractivity contribution in [2.75, 3.05) is 0 Å². The highest BCUT2D eigenvalue weighted by atomic mass is 16.5. The van der Waals surface area contributed by atoms with E-state index in [1.807, 2.05) is 0 Å². The van der Waals surface area contributed by atoms with Gasteiger partial charge in [0.1, 0.15) is 0 Å². The summed E-state index contributed by atoms with van der Waals surface area (Å²) < 4.78 is 0. The minimum absolute atomic E-state index is 0.461. The molecule has 2 aliphatic rings. The fourth-order valence-corrected chi connectivity index (χ4v) is 2.31. The summed E-state index contributed by atoms with van der Waals surface area (Å²) in [6, 6.07) is 1.57. The van der Waals surface area contributed by atoms with E-state index in [0.29, 0.717) is 0 Å². The summed E-state index contributed by atoms with van der Waals surface area (Å²) in [7, 11) is 0. The summed E-state index contributed by atoms with van der Waals surface area (Å²) >= 11 is 0. The molecule has 4 N–H and O–H groups in total. The van der Waals surface area contributed by atoms with Gasteiger partial charge in [-0.25, -0.2) is 0 Å². The zero-order valence-corrected chi connectivity index (χ0v) is 9.58. The number of rotatable bonds is 0. The first-order chi connectivity index (χ1) is 9.10. The molecule has 0 aromatic heterocycles. The molecule has 0 atom stereocenters. The van der Waals surface area contributed by atoms with Crippen LogP contribution >= 0.6 is 0 Å². The standard InChI is InChI=1S/C12H6O8/c13-7-3-1-4-6(10(16)12(19,20)8(4)14)2-5(3)9(15)11(7,17)18/h1-2,17-20H. The summed E-state index contributed by atoms with van der Waals surface area (Å²) in [6.45, 7) is 0. The van der Waals surface area contributed by atoms with Gasteiger partial charge >= 0.3 is 0 Å². The van der Waals surface area contributed by atoms with Crippen molar-refractivity contribution in [3.05, 3.63) is 34.4 Å². The predicted octanol–water partition coefficient (Wildman–Crippen LogP) is -2.19. The van der Waals surface area contributed by atoms with E-state index in [0.717, 1.165) is 12.1 Å². The van der Waals surface area contributed by atoms with Crippen LogP contribution in [-0.4, -0.2) is 55.1 Å². The second kappa shape index (κ2) is 3.25. The molecule has 20 heavy (non-hydrogen) atoms. The summed E-state index contributed by atoms with van der Waals surface area (Å²) in [5.74, 6) is -11.8. The first-order valence-corrected chi connectivity index (χ1v) is 5.37. The summed E-state index contributed by atoms with van der Waals surface area (Å²) in [6.07, 6.45) is 0. The molecule has 0 unspecified atom stereocenters. The van der Waals surface area contributed by atoms with Gasteiger partial charge in [0.05, 0.1) is 0 Å². The van der Waals surface area contributed by atoms with Crippen molar-refractivity contribution in [3.8, 4) is 0 Å². The van der Waals surface area contributed by atoms with Gasteiger partial charge in [-0.15, -0.1) is 0 Å². The summed E-state index contributed by atoms with van der Waals surface area (Å²) in [5.41, 5.74) is -1.84. The number of benzene rings is 1. The van der Waals surface area contributed by atoms with Crippen LogP contribution in [0.25, 0.3) is 0 Å². The van der Waals surface area contributed by atoms with Crippen LogP contribution in [0.2, 0.25) is 0 Å². The van der Waals surface area contributed by atoms with E-state index in [9.17, 15) is 39.6 Å². The molecule has 0 heterocycles. The smallest absolute Gasteiger partial charge is 0.295 e. The molecule has 0 saturated carbocycles. The van der Waals surface area contributed by atoms with E-state index >= 15 is 0 Å². The predicted molar refractivity (Wildman–Crippen MR) is 58.1 cm³/mol. The monoisotopic (exact) mass is 278 g/mol. The van der Waals surface area contributed by atoms with Crippen molar-refractivity contribution in [3.63, 3.8) is 0 Å².